The van der Waals surface area contributed by atoms with Crippen LogP contribution in [0.1, 0.15) is 98.1 Å². The molecule has 36 heteroatoms. The largest absolute Gasteiger partial charge is 0.481 e. The number of aliphatic hydroxyl groups excluding tert-OH is 2. The summed E-state index contributed by atoms with van der Waals surface area (Å²) in [5.41, 5.74) is 25.7. The first-order valence-electron chi connectivity index (χ1n) is 33.6. The third kappa shape index (κ3) is 25.5. The van der Waals surface area contributed by atoms with E-state index in [1.165, 1.54) is 6.92 Å². The van der Waals surface area contributed by atoms with Crippen molar-refractivity contribution in [1.82, 2.24) is 73.8 Å². The molecule has 2 aromatic carbocycles. The van der Waals surface area contributed by atoms with Crippen molar-refractivity contribution in [2.75, 3.05) is 39.4 Å². The van der Waals surface area contributed by atoms with Crippen molar-refractivity contribution in [3.05, 3.63) is 72.1 Å². The average molecular weight is 1430 g/mol. The molecule has 102 heavy (non-hydrogen) atoms. The summed E-state index contributed by atoms with van der Waals surface area (Å²) in [7, 11) is 0. The number of nitrogens with two attached hydrogens (primary N) is 4. The highest BCUT2D eigenvalue weighted by molar-refractivity contribution is 6.00. The fraction of sp³-hybridized carbons (Fsp3) is 0.545. The number of benzene rings is 2. The van der Waals surface area contributed by atoms with E-state index in [0.29, 0.717) is 39.4 Å². The van der Waals surface area contributed by atoms with Gasteiger partial charge in [-0.25, -0.2) is 0 Å². The van der Waals surface area contributed by atoms with Crippen molar-refractivity contribution in [2.24, 2.45) is 40.7 Å². The SMILES string of the molecule is CC[C@H](C)[C@@H](NC(=O)[C@@H](NC(=O)[C@H](CCC(=O)O)NC(=O)[C@H](Cc1c[nH]c2ccccc12)NC(=O)[C@@H](CCN)NC(=O)[C@H](CCN)NC(=O)[C@H](CO)NC(=O)[C@@H](Cc1c[nH]c2ccccc12)NC(=O)[C@@H](CO)NC(=O)CNC(=O)[C@@H](CCN)NC(=O)[C@H](N)C(C)C)C(C)C)C(=O)N[C@@H](C)C(=O)O. The summed E-state index contributed by atoms with van der Waals surface area (Å²) < 4.78 is 0. The Hall–Kier alpha value is -10.1. The van der Waals surface area contributed by atoms with Gasteiger partial charge in [-0.1, -0.05) is 84.4 Å². The minimum Gasteiger partial charge on any atom is -0.481 e. The number of amides is 12. The lowest BCUT2D eigenvalue weighted by Crippen LogP contribution is -2.62. The Labute approximate surface area is 588 Å². The molecule has 0 aliphatic heterocycles. The van der Waals surface area contributed by atoms with E-state index in [1.54, 1.807) is 102 Å². The Morgan fingerprint density at radius 3 is 1.23 bits per heavy atom. The molecule has 36 nitrogen and oxygen atoms in total. The molecular weight excluding hydrogens is 1330 g/mol. The zero-order valence-corrected chi connectivity index (χ0v) is 58.1. The second kappa shape index (κ2) is 41.6. The summed E-state index contributed by atoms with van der Waals surface area (Å²) in [5.74, 6) is -15.8. The first kappa shape index (κ1) is 84.3. The first-order valence-corrected chi connectivity index (χ1v) is 33.6. The van der Waals surface area contributed by atoms with Gasteiger partial charge in [0.1, 0.15) is 66.5 Å². The standard InChI is InChI=1S/C66H100N18O18/c1-8-34(6)54(65(100)74-35(7)66(101)102)84-64(99)53(33(4)5)83-58(93)42(17-18-51(88)89)76-59(94)46(25-36-27-71-40-15-11-9-13-38(36)40)80-57(92)45(21-24-69)77-56(91)44(20-23-68)78-62(97)49(31-86)82-60(95)47(26-37-28-72-41-16-12-10-14-39(37)41)81-61(96)48(30-85)75-50(87)29-73-55(90)43(19-22-67)79-63(98)52(70)32(2)3/h9-16,27-28,32-35,42-49,52-54,71-72,85-86H,8,17-26,29-31,67-70H2,1-7H3,(H,73,90)(H,74,100)(H,75,87)(H,76,94)(H,77,91)(H,78,97)(H,79,98)(H,80,92)(H,81,96)(H,82,95)(H,83,93)(H,84,99)(H,88,89)(H,101,102)/t34-,35-,42-,43+,44-,45+,46-,47+,48+,49-,52+,53-,54+/m0/s1. The second-order valence-corrected chi connectivity index (χ2v) is 25.4. The smallest absolute Gasteiger partial charge is 0.325 e. The highest BCUT2D eigenvalue weighted by Crippen LogP contribution is 2.22. The van der Waals surface area contributed by atoms with Crippen molar-refractivity contribution < 1.29 is 87.5 Å². The normalized spacial score (nSPS) is 15.2. The molecule has 0 saturated heterocycles. The maximum absolute atomic E-state index is 14.7. The number of carbonyl (C=O) groups is 14. The summed E-state index contributed by atoms with van der Waals surface area (Å²) in [6, 6.07) is -4.06. The summed E-state index contributed by atoms with van der Waals surface area (Å²) in [6.45, 7) is 7.69. The van der Waals surface area contributed by atoms with Gasteiger partial charge in [0.15, 0.2) is 0 Å². The van der Waals surface area contributed by atoms with Gasteiger partial charge in [0.2, 0.25) is 70.9 Å². The number of fused-ring (bicyclic) bond motifs is 2. The van der Waals surface area contributed by atoms with Crippen LogP contribution in [0.3, 0.4) is 0 Å². The molecule has 2 heterocycles. The summed E-state index contributed by atoms with van der Waals surface area (Å²) in [6.07, 6.45) is 1.00. The van der Waals surface area contributed by atoms with Crippen LogP contribution in [0.4, 0.5) is 0 Å². The summed E-state index contributed by atoms with van der Waals surface area (Å²) >= 11 is 0. The van der Waals surface area contributed by atoms with Crippen LogP contribution in [0.25, 0.3) is 21.8 Å². The van der Waals surface area contributed by atoms with Gasteiger partial charge >= 0.3 is 11.9 Å². The number of H-pyrrole nitrogens is 2. The van der Waals surface area contributed by atoms with Crippen LogP contribution in [0.15, 0.2) is 60.9 Å². The van der Waals surface area contributed by atoms with Gasteiger partial charge in [-0.15, -0.1) is 0 Å². The van der Waals surface area contributed by atoms with Crippen molar-refractivity contribution in [1.29, 1.82) is 0 Å². The fourth-order valence-electron chi connectivity index (χ4n) is 10.5. The van der Waals surface area contributed by atoms with E-state index in [2.05, 4.69) is 73.8 Å². The molecule has 4 rings (SSSR count). The number of aliphatic hydroxyl groups is 2. The summed E-state index contributed by atoms with van der Waals surface area (Å²) in [5, 5.41) is 70.8. The van der Waals surface area contributed by atoms with E-state index in [9.17, 15) is 87.5 Å². The zero-order valence-electron chi connectivity index (χ0n) is 58.1. The van der Waals surface area contributed by atoms with Gasteiger partial charge in [-0.05, 0) is 93.3 Å². The Balaban J connectivity index is 1.57. The molecule has 4 aromatic rings. The number of aliphatic carboxylic acids is 2. The Morgan fingerprint density at radius 1 is 0.431 bits per heavy atom. The number of hydrogen-bond donors (Lipinski definition) is 22. The van der Waals surface area contributed by atoms with Crippen molar-refractivity contribution >= 4 is 105 Å². The van der Waals surface area contributed by atoms with E-state index < -0.39 is 200 Å². The highest BCUT2D eigenvalue weighted by Gasteiger charge is 2.38. The Kier molecular flexibility index (Phi) is 34.3. The number of aromatic amines is 2. The van der Waals surface area contributed by atoms with E-state index in [1.807, 2.05) is 0 Å². The Bertz CT molecular complexity index is 3560. The number of para-hydroxylation sites is 2. The number of carboxylic acids is 2. The molecule has 0 unspecified atom stereocenters. The van der Waals surface area contributed by atoms with E-state index >= 15 is 0 Å². The van der Waals surface area contributed by atoms with Crippen LogP contribution in [0, 0.1) is 17.8 Å². The fourth-order valence-corrected chi connectivity index (χ4v) is 10.5. The number of nitrogens with one attached hydrogen (secondary N) is 14. The maximum Gasteiger partial charge on any atom is 0.325 e. The van der Waals surface area contributed by atoms with Crippen LogP contribution >= 0.6 is 0 Å². The third-order valence-corrected chi connectivity index (χ3v) is 16.9. The quantitative estimate of drug-likeness (QED) is 0.0196. The molecule has 13 atom stereocenters. The minimum atomic E-state index is -1.86. The molecule has 12 amide bonds. The maximum atomic E-state index is 14.7. The molecule has 0 bridgehead atoms. The molecule has 562 valence electrons. The molecule has 2 aromatic heterocycles. The molecule has 0 spiro atoms. The number of aromatic nitrogens is 2. The Morgan fingerprint density at radius 2 is 0.804 bits per heavy atom. The second-order valence-electron chi connectivity index (χ2n) is 25.4. The van der Waals surface area contributed by atoms with E-state index in [4.69, 9.17) is 22.9 Å². The van der Waals surface area contributed by atoms with Gasteiger partial charge in [0.05, 0.1) is 25.8 Å². The molecular formula is C66H100N18O18. The number of carboxylic acid groups (broad SMARTS) is 2. The van der Waals surface area contributed by atoms with Crippen LogP contribution < -0.4 is 86.7 Å². The first-order chi connectivity index (χ1) is 48.3. The van der Waals surface area contributed by atoms with Crippen LogP contribution in [-0.2, 0) is 80.0 Å². The lowest BCUT2D eigenvalue weighted by Gasteiger charge is -2.30. The van der Waals surface area contributed by atoms with Crippen LogP contribution in [0.5, 0.6) is 0 Å². The van der Waals surface area contributed by atoms with E-state index in [0.717, 1.165) is 0 Å². The number of rotatable bonds is 44. The molecule has 0 saturated carbocycles. The zero-order chi connectivity index (χ0) is 76.1. The van der Waals surface area contributed by atoms with Crippen LogP contribution in [-0.4, -0.2) is 225 Å². The van der Waals surface area contributed by atoms with Gasteiger partial charge in [0.25, 0.3) is 0 Å². The van der Waals surface area contributed by atoms with Gasteiger partial charge in [-0.2, -0.15) is 0 Å². The number of carbonyl (C=O) groups excluding carboxylic acids is 12. The number of hydrogen-bond acceptors (Lipinski definition) is 20. The lowest BCUT2D eigenvalue weighted by molar-refractivity contribution is -0.142. The molecule has 0 aliphatic carbocycles. The molecule has 0 radical (unpaired) electrons. The van der Waals surface area contributed by atoms with E-state index in [-0.39, 0.29) is 57.7 Å². The molecule has 0 fully saturated rings. The molecule has 0 aliphatic rings. The summed E-state index contributed by atoms with van der Waals surface area (Å²) in [4.78, 5) is 196. The van der Waals surface area contributed by atoms with Gasteiger partial charge < -0.3 is 117 Å². The van der Waals surface area contributed by atoms with Crippen LogP contribution in [0.2, 0.25) is 0 Å². The van der Waals surface area contributed by atoms with Gasteiger partial charge in [0, 0.05) is 53.5 Å². The van der Waals surface area contributed by atoms with Crippen molar-refractivity contribution in [2.45, 2.75) is 172 Å². The van der Waals surface area contributed by atoms with Crippen molar-refractivity contribution in [3.63, 3.8) is 0 Å². The predicted octanol–water partition coefficient (Wildman–Crippen LogP) is -5.43. The van der Waals surface area contributed by atoms with Gasteiger partial charge in [-0.3, -0.25) is 67.1 Å². The third-order valence-electron chi connectivity index (χ3n) is 16.9. The average Bonchev–Trinajstić information content (AvgIpc) is 1.63. The highest BCUT2D eigenvalue weighted by atomic mass is 16.4. The molecule has 26 N–H and O–H groups in total. The lowest BCUT2D eigenvalue weighted by atomic mass is 9.96. The van der Waals surface area contributed by atoms with Crippen molar-refractivity contribution in [3.8, 4) is 0 Å². The minimum absolute atomic E-state index is 0.0255. The predicted molar refractivity (Wildman–Crippen MR) is 371 cm³/mol. The topological polar surface area (TPSA) is 600 Å². The monoisotopic (exact) mass is 1430 g/mol.